The Morgan fingerprint density at radius 3 is 2.12 bits per heavy atom. The molecule has 0 radical (unpaired) electrons. The van der Waals surface area contributed by atoms with Crippen LogP contribution in [0.1, 0.15) is 29.5 Å². The summed E-state index contributed by atoms with van der Waals surface area (Å²) in [6.07, 6.45) is 0.387. The van der Waals surface area contributed by atoms with Crippen molar-refractivity contribution in [2.24, 2.45) is 0 Å². The topological polar surface area (TPSA) is 63.7 Å². The minimum absolute atomic E-state index is 0.0193. The summed E-state index contributed by atoms with van der Waals surface area (Å²) in [7, 11) is -4.04. The third-order valence-corrected chi connectivity index (χ3v) is 7.35. The van der Waals surface area contributed by atoms with E-state index in [-0.39, 0.29) is 17.9 Å². The van der Waals surface area contributed by atoms with Gasteiger partial charge < -0.3 is 4.74 Å². The summed E-state index contributed by atoms with van der Waals surface area (Å²) in [4.78, 5) is 13.2. The largest absolute Gasteiger partial charge is 0.494 e. The van der Waals surface area contributed by atoms with E-state index < -0.39 is 15.9 Å². The van der Waals surface area contributed by atoms with Gasteiger partial charge in [-0.1, -0.05) is 47.5 Å². The Kier molecular flexibility index (Phi) is 7.59. The van der Waals surface area contributed by atoms with Gasteiger partial charge in [0.05, 0.1) is 17.2 Å². The number of carbonyl (C=O) groups excluding carboxylic acids is 1. The summed E-state index contributed by atoms with van der Waals surface area (Å²) >= 11 is 6.19. The highest BCUT2D eigenvalue weighted by Crippen LogP contribution is 2.27. The van der Waals surface area contributed by atoms with Crippen LogP contribution in [0, 0.1) is 20.8 Å². The van der Waals surface area contributed by atoms with E-state index in [9.17, 15) is 13.2 Å². The number of rotatable bonds is 8. The molecule has 1 amide bonds. The molecule has 3 aromatic rings. The molecule has 0 atom stereocenters. The summed E-state index contributed by atoms with van der Waals surface area (Å²) in [6, 6.07) is 18.5. The van der Waals surface area contributed by atoms with E-state index in [1.54, 1.807) is 42.5 Å². The number of sulfonamides is 1. The zero-order chi connectivity index (χ0) is 23.3. The lowest BCUT2D eigenvalue weighted by Gasteiger charge is -2.23. The maximum atomic E-state index is 13.3. The van der Waals surface area contributed by atoms with Gasteiger partial charge in [0.1, 0.15) is 5.75 Å². The third-order valence-electron chi connectivity index (χ3n) is 4.99. The molecule has 0 aliphatic carbocycles. The standard InChI is InChI=1S/C25H26ClNO4S/c1-18-11-13-21(14-12-18)27(32(29,30)23-8-5-4-6-9-23)24(28)10-7-15-31-22-16-19(2)25(26)20(3)17-22/h4-6,8-9,11-14,16-17H,7,10,15H2,1-3H3. The predicted molar refractivity (Wildman–Crippen MR) is 128 cm³/mol. The maximum Gasteiger partial charge on any atom is 0.270 e. The Morgan fingerprint density at radius 2 is 1.53 bits per heavy atom. The molecule has 0 saturated carbocycles. The fourth-order valence-electron chi connectivity index (χ4n) is 3.30. The fourth-order valence-corrected chi connectivity index (χ4v) is 4.88. The molecule has 0 aliphatic heterocycles. The van der Waals surface area contributed by atoms with E-state index >= 15 is 0 Å². The highest BCUT2D eigenvalue weighted by molar-refractivity contribution is 7.93. The number of halogens is 1. The molecule has 0 aromatic heterocycles. The van der Waals surface area contributed by atoms with Gasteiger partial charge in [-0.15, -0.1) is 0 Å². The minimum atomic E-state index is -4.04. The highest BCUT2D eigenvalue weighted by atomic mass is 35.5. The van der Waals surface area contributed by atoms with Gasteiger partial charge in [0, 0.05) is 11.4 Å². The summed E-state index contributed by atoms with van der Waals surface area (Å²) in [5.41, 5.74) is 3.11. The smallest absolute Gasteiger partial charge is 0.270 e. The number of carbonyl (C=O) groups is 1. The Bertz CT molecular complexity index is 1170. The fraction of sp³-hybridized carbons (Fsp3) is 0.240. The van der Waals surface area contributed by atoms with Crippen molar-refractivity contribution in [1.82, 2.24) is 0 Å². The summed E-state index contributed by atoms with van der Waals surface area (Å²) < 4.78 is 33.2. The molecule has 0 bridgehead atoms. The molecule has 0 heterocycles. The normalized spacial score (nSPS) is 11.2. The Hall–Kier alpha value is -2.83. The molecule has 0 spiro atoms. The van der Waals surface area contributed by atoms with Crippen LogP contribution in [-0.4, -0.2) is 20.9 Å². The molecule has 3 rings (SSSR count). The van der Waals surface area contributed by atoms with Crippen molar-refractivity contribution in [2.75, 3.05) is 10.9 Å². The number of hydrogen-bond donors (Lipinski definition) is 0. The highest BCUT2D eigenvalue weighted by Gasteiger charge is 2.30. The number of benzene rings is 3. The summed E-state index contributed by atoms with van der Waals surface area (Å²) in [5.74, 6) is 0.161. The van der Waals surface area contributed by atoms with E-state index in [2.05, 4.69) is 0 Å². The van der Waals surface area contributed by atoms with Crippen molar-refractivity contribution in [1.29, 1.82) is 0 Å². The number of aryl methyl sites for hydroxylation is 3. The Morgan fingerprint density at radius 1 is 0.938 bits per heavy atom. The maximum absolute atomic E-state index is 13.3. The van der Waals surface area contributed by atoms with Crippen LogP contribution in [0.2, 0.25) is 5.02 Å². The van der Waals surface area contributed by atoms with Crippen LogP contribution in [0.5, 0.6) is 5.75 Å². The molecule has 0 N–H and O–H groups in total. The first-order chi connectivity index (χ1) is 15.2. The zero-order valence-corrected chi connectivity index (χ0v) is 19.9. The number of nitrogens with zero attached hydrogens (tertiary/aromatic N) is 1. The van der Waals surface area contributed by atoms with Crippen LogP contribution in [0.25, 0.3) is 0 Å². The molecule has 3 aromatic carbocycles. The number of anilines is 1. The van der Waals surface area contributed by atoms with Crippen LogP contribution < -0.4 is 9.04 Å². The monoisotopic (exact) mass is 471 g/mol. The van der Waals surface area contributed by atoms with Crippen LogP contribution in [0.3, 0.4) is 0 Å². The van der Waals surface area contributed by atoms with E-state index in [1.807, 2.05) is 32.9 Å². The van der Waals surface area contributed by atoms with Gasteiger partial charge in [-0.3, -0.25) is 4.79 Å². The predicted octanol–water partition coefficient (Wildman–Crippen LogP) is 5.85. The second-order valence-electron chi connectivity index (χ2n) is 7.63. The molecule has 168 valence electrons. The third kappa shape index (κ3) is 5.50. The van der Waals surface area contributed by atoms with Crippen molar-refractivity contribution in [3.8, 4) is 5.75 Å². The molecule has 0 aliphatic rings. The SMILES string of the molecule is Cc1ccc(N(C(=O)CCCOc2cc(C)c(Cl)c(C)c2)S(=O)(=O)c2ccccc2)cc1. The minimum Gasteiger partial charge on any atom is -0.494 e. The molecule has 0 saturated heterocycles. The second-order valence-corrected chi connectivity index (χ2v) is 9.80. The molecular formula is C25H26ClNO4S. The van der Waals surface area contributed by atoms with Gasteiger partial charge in [-0.2, -0.15) is 0 Å². The van der Waals surface area contributed by atoms with Crippen LogP contribution in [0.4, 0.5) is 5.69 Å². The molecule has 7 heteroatoms. The van der Waals surface area contributed by atoms with Gasteiger partial charge in [0.25, 0.3) is 10.0 Å². The van der Waals surface area contributed by atoms with E-state index in [0.717, 1.165) is 21.0 Å². The quantitative estimate of drug-likeness (QED) is 0.387. The zero-order valence-electron chi connectivity index (χ0n) is 18.3. The summed E-state index contributed by atoms with van der Waals surface area (Å²) in [6.45, 7) is 5.98. The van der Waals surface area contributed by atoms with Crippen LogP contribution in [0.15, 0.2) is 71.6 Å². The molecular weight excluding hydrogens is 446 g/mol. The van der Waals surface area contributed by atoms with E-state index in [4.69, 9.17) is 16.3 Å². The molecule has 32 heavy (non-hydrogen) atoms. The average molecular weight is 472 g/mol. The van der Waals surface area contributed by atoms with Gasteiger partial charge in [-0.05, 0) is 74.7 Å². The van der Waals surface area contributed by atoms with Gasteiger partial charge in [0.15, 0.2) is 0 Å². The van der Waals surface area contributed by atoms with Crippen molar-refractivity contribution >= 4 is 33.2 Å². The van der Waals surface area contributed by atoms with E-state index in [0.29, 0.717) is 22.9 Å². The van der Waals surface area contributed by atoms with Crippen molar-refractivity contribution in [3.63, 3.8) is 0 Å². The van der Waals surface area contributed by atoms with Gasteiger partial charge >= 0.3 is 0 Å². The van der Waals surface area contributed by atoms with Crippen LogP contribution in [-0.2, 0) is 14.8 Å². The van der Waals surface area contributed by atoms with Gasteiger partial charge in [0.2, 0.25) is 5.91 Å². The molecule has 5 nitrogen and oxygen atoms in total. The van der Waals surface area contributed by atoms with Crippen LogP contribution >= 0.6 is 11.6 Å². The Labute approximate surface area is 194 Å². The number of hydrogen-bond acceptors (Lipinski definition) is 4. The number of amides is 1. The average Bonchev–Trinajstić information content (AvgIpc) is 2.77. The summed E-state index contributed by atoms with van der Waals surface area (Å²) in [5, 5.41) is 0.701. The first-order valence-electron chi connectivity index (χ1n) is 10.3. The van der Waals surface area contributed by atoms with Crippen molar-refractivity contribution < 1.29 is 17.9 Å². The molecule has 0 unspecified atom stereocenters. The lowest BCUT2D eigenvalue weighted by atomic mass is 10.1. The lowest BCUT2D eigenvalue weighted by Crippen LogP contribution is -2.37. The lowest BCUT2D eigenvalue weighted by molar-refractivity contribution is -0.117. The van der Waals surface area contributed by atoms with Crippen molar-refractivity contribution in [3.05, 3.63) is 88.4 Å². The van der Waals surface area contributed by atoms with E-state index in [1.165, 1.54) is 12.1 Å². The first-order valence-corrected chi connectivity index (χ1v) is 12.1. The Balaban J connectivity index is 1.75. The number of ether oxygens (including phenoxy) is 1. The van der Waals surface area contributed by atoms with Gasteiger partial charge in [-0.25, -0.2) is 12.7 Å². The van der Waals surface area contributed by atoms with Crippen molar-refractivity contribution in [2.45, 2.75) is 38.5 Å². The molecule has 0 fully saturated rings. The first kappa shape index (κ1) is 23.8. The second kappa shape index (κ2) is 10.2.